The Morgan fingerprint density at radius 2 is 1.37 bits per heavy atom. The van der Waals surface area contributed by atoms with Crippen molar-refractivity contribution in [3.05, 3.63) is 108 Å². The Labute approximate surface area is 180 Å². The van der Waals surface area contributed by atoms with Gasteiger partial charge in [-0.25, -0.2) is 0 Å². The molecule has 3 aromatic rings. The highest BCUT2D eigenvalue weighted by Crippen LogP contribution is 2.46. The largest absolute Gasteiger partial charge is 0.314 e. The minimum atomic E-state index is -0.580. The molecule has 2 unspecified atom stereocenters. The number of rotatable bonds is 8. The molecule has 1 fully saturated rings. The van der Waals surface area contributed by atoms with E-state index < -0.39 is 5.41 Å². The third-order valence-electron chi connectivity index (χ3n) is 6.60. The Morgan fingerprint density at radius 1 is 0.800 bits per heavy atom. The van der Waals surface area contributed by atoms with Crippen molar-refractivity contribution in [3.8, 4) is 6.07 Å². The van der Waals surface area contributed by atoms with Crippen molar-refractivity contribution < 1.29 is 0 Å². The Hall–Kier alpha value is -2.89. The van der Waals surface area contributed by atoms with E-state index in [0.29, 0.717) is 12.0 Å². The highest BCUT2D eigenvalue weighted by Gasteiger charge is 2.45. The van der Waals surface area contributed by atoms with Crippen molar-refractivity contribution >= 4 is 0 Å². The highest BCUT2D eigenvalue weighted by atomic mass is 14.9. The van der Waals surface area contributed by atoms with Gasteiger partial charge in [0, 0.05) is 6.04 Å². The van der Waals surface area contributed by atoms with Crippen LogP contribution in [0.2, 0.25) is 0 Å². The third kappa shape index (κ3) is 4.32. The van der Waals surface area contributed by atoms with Gasteiger partial charge in [-0.2, -0.15) is 5.26 Å². The number of nitriles is 1. The Bertz CT molecular complexity index is 905. The van der Waals surface area contributed by atoms with Crippen LogP contribution in [0.1, 0.15) is 42.4 Å². The number of nitrogens with one attached hydrogen (secondary N) is 1. The lowest BCUT2D eigenvalue weighted by atomic mass is 9.66. The monoisotopic (exact) mass is 394 g/mol. The molecule has 30 heavy (non-hydrogen) atoms. The molecule has 0 aromatic heterocycles. The van der Waals surface area contributed by atoms with Crippen LogP contribution in [-0.4, -0.2) is 12.6 Å². The van der Waals surface area contributed by atoms with Crippen molar-refractivity contribution in [2.75, 3.05) is 6.54 Å². The molecule has 4 rings (SSSR count). The zero-order valence-electron chi connectivity index (χ0n) is 17.5. The predicted octanol–water partition coefficient (Wildman–Crippen LogP) is 5.89. The lowest BCUT2D eigenvalue weighted by Crippen LogP contribution is -2.36. The number of nitrogens with zero attached hydrogens (tertiary/aromatic N) is 1. The van der Waals surface area contributed by atoms with Crippen molar-refractivity contribution in [2.45, 2.75) is 43.6 Å². The SMILES string of the molecule is N#CC(c1ccccc1)(c1ccccc1)C1CCC(NCCCc2ccccc2)C1. The van der Waals surface area contributed by atoms with E-state index in [9.17, 15) is 5.26 Å². The van der Waals surface area contributed by atoms with Gasteiger partial charge in [-0.3, -0.25) is 0 Å². The summed E-state index contributed by atoms with van der Waals surface area (Å²) in [5.41, 5.74) is 3.06. The predicted molar refractivity (Wildman–Crippen MR) is 123 cm³/mol. The fourth-order valence-corrected chi connectivity index (χ4v) is 5.06. The van der Waals surface area contributed by atoms with Gasteiger partial charge < -0.3 is 5.32 Å². The summed E-state index contributed by atoms with van der Waals surface area (Å²) in [6.07, 6.45) is 5.52. The van der Waals surface area contributed by atoms with Crippen LogP contribution in [0.15, 0.2) is 91.0 Å². The van der Waals surface area contributed by atoms with E-state index in [4.69, 9.17) is 0 Å². The van der Waals surface area contributed by atoms with Gasteiger partial charge in [-0.05, 0) is 61.3 Å². The van der Waals surface area contributed by atoms with Crippen LogP contribution >= 0.6 is 0 Å². The quantitative estimate of drug-likeness (QED) is 0.484. The average molecular weight is 395 g/mol. The molecular weight excluding hydrogens is 364 g/mol. The Balaban J connectivity index is 1.45. The second kappa shape index (κ2) is 9.74. The molecule has 2 atom stereocenters. The minimum absolute atomic E-state index is 0.318. The summed E-state index contributed by atoms with van der Waals surface area (Å²) in [6, 6.07) is 34.7. The standard InChI is InChI=1S/C28H30N2/c29-22-28(24-14-6-2-7-15-24,25-16-8-3-9-17-25)26-18-19-27(21-26)30-20-10-13-23-11-4-1-5-12-23/h1-9,11-12,14-17,26-27,30H,10,13,18-21H2. The fraction of sp³-hybridized carbons (Fsp3) is 0.321. The molecule has 152 valence electrons. The number of benzene rings is 3. The Morgan fingerprint density at radius 3 is 1.93 bits per heavy atom. The summed E-state index contributed by atoms with van der Waals surface area (Å²) in [4.78, 5) is 0. The molecule has 1 saturated carbocycles. The van der Waals surface area contributed by atoms with E-state index in [0.717, 1.165) is 49.8 Å². The molecule has 2 heteroatoms. The van der Waals surface area contributed by atoms with Gasteiger partial charge in [0.25, 0.3) is 0 Å². The fourth-order valence-electron chi connectivity index (χ4n) is 5.06. The molecule has 0 amide bonds. The van der Waals surface area contributed by atoms with Crippen LogP contribution < -0.4 is 5.32 Å². The summed E-state index contributed by atoms with van der Waals surface area (Å²) < 4.78 is 0. The van der Waals surface area contributed by atoms with Crippen LogP contribution in [0.5, 0.6) is 0 Å². The van der Waals surface area contributed by atoms with Crippen LogP contribution in [0, 0.1) is 17.2 Å². The topological polar surface area (TPSA) is 35.8 Å². The molecule has 0 heterocycles. The molecule has 0 bridgehead atoms. The zero-order valence-corrected chi connectivity index (χ0v) is 17.5. The van der Waals surface area contributed by atoms with E-state index in [1.807, 2.05) is 12.1 Å². The van der Waals surface area contributed by atoms with Crippen LogP contribution in [-0.2, 0) is 11.8 Å². The first kappa shape index (κ1) is 20.4. The van der Waals surface area contributed by atoms with Crippen molar-refractivity contribution in [1.82, 2.24) is 5.32 Å². The second-order valence-corrected chi connectivity index (χ2v) is 8.40. The second-order valence-electron chi connectivity index (χ2n) is 8.40. The molecule has 3 aromatic carbocycles. The molecule has 0 spiro atoms. The van der Waals surface area contributed by atoms with Gasteiger partial charge in [0.2, 0.25) is 0 Å². The number of hydrogen-bond acceptors (Lipinski definition) is 2. The Kier molecular flexibility index (Phi) is 6.62. The molecule has 0 radical (unpaired) electrons. The minimum Gasteiger partial charge on any atom is -0.314 e. The first-order chi connectivity index (χ1) is 14.8. The summed E-state index contributed by atoms with van der Waals surface area (Å²) >= 11 is 0. The first-order valence-corrected chi connectivity index (χ1v) is 11.1. The summed E-state index contributed by atoms with van der Waals surface area (Å²) in [5, 5.41) is 14.3. The summed E-state index contributed by atoms with van der Waals surface area (Å²) in [6.45, 7) is 1.03. The van der Waals surface area contributed by atoms with Crippen molar-refractivity contribution in [2.24, 2.45) is 5.92 Å². The zero-order chi connectivity index (χ0) is 20.7. The molecule has 1 aliphatic carbocycles. The van der Waals surface area contributed by atoms with Gasteiger partial charge in [-0.15, -0.1) is 0 Å². The maximum absolute atomic E-state index is 10.5. The van der Waals surface area contributed by atoms with Gasteiger partial charge >= 0.3 is 0 Å². The van der Waals surface area contributed by atoms with Gasteiger partial charge in [0.15, 0.2) is 0 Å². The lowest BCUT2D eigenvalue weighted by molar-refractivity contribution is 0.386. The van der Waals surface area contributed by atoms with Gasteiger partial charge in [0.1, 0.15) is 5.41 Å². The van der Waals surface area contributed by atoms with E-state index in [-0.39, 0.29) is 0 Å². The molecule has 2 nitrogen and oxygen atoms in total. The van der Waals surface area contributed by atoms with Crippen molar-refractivity contribution in [1.29, 1.82) is 5.26 Å². The van der Waals surface area contributed by atoms with E-state index in [1.54, 1.807) is 0 Å². The van der Waals surface area contributed by atoms with E-state index >= 15 is 0 Å². The van der Waals surface area contributed by atoms with Crippen LogP contribution in [0.25, 0.3) is 0 Å². The van der Waals surface area contributed by atoms with Crippen LogP contribution in [0.3, 0.4) is 0 Å². The van der Waals surface area contributed by atoms with Crippen LogP contribution in [0.4, 0.5) is 0 Å². The first-order valence-electron chi connectivity index (χ1n) is 11.1. The maximum Gasteiger partial charge on any atom is 0.110 e. The molecular formula is C28H30N2. The molecule has 0 saturated heterocycles. The molecule has 1 N–H and O–H groups in total. The van der Waals surface area contributed by atoms with Crippen molar-refractivity contribution in [3.63, 3.8) is 0 Å². The van der Waals surface area contributed by atoms with Gasteiger partial charge in [-0.1, -0.05) is 91.0 Å². The highest BCUT2D eigenvalue weighted by molar-refractivity contribution is 5.47. The smallest absolute Gasteiger partial charge is 0.110 e. The van der Waals surface area contributed by atoms with E-state index in [2.05, 4.69) is 90.2 Å². The number of hydrogen-bond donors (Lipinski definition) is 1. The summed E-state index contributed by atoms with van der Waals surface area (Å²) in [7, 11) is 0. The third-order valence-corrected chi connectivity index (χ3v) is 6.60. The normalized spacial score (nSPS) is 18.8. The summed E-state index contributed by atoms with van der Waals surface area (Å²) in [5.74, 6) is 0.318. The lowest BCUT2D eigenvalue weighted by Gasteiger charge is -2.34. The maximum atomic E-state index is 10.5. The molecule has 0 aliphatic heterocycles. The number of aryl methyl sites for hydroxylation is 1. The van der Waals surface area contributed by atoms with Gasteiger partial charge in [0.05, 0.1) is 6.07 Å². The molecule has 1 aliphatic rings. The average Bonchev–Trinajstić information content (AvgIpc) is 3.29. The van der Waals surface area contributed by atoms with E-state index in [1.165, 1.54) is 5.56 Å².